The summed E-state index contributed by atoms with van der Waals surface area (Å²) in [6.45, 7) is 0.416. The summed E-state index contributed by atoms with van der Waals surface area (Å²) >= 11 is 0. The molecule has 126 valence electrons. The SMILES string of the molecule is COC[C@@H]1CCCN1S(=O)(=O)c1ccc(C#N)c(C(F)(F)F)c1. The van der Waals surface area contributed by atoms with Crippen molar-refractivity contribution < 1.29 is 26.3 Å². The summed E-state index contributed by atoms with van der Waals surface area (Å²) < 4.78 is 70.4. The van der Waals surface area contributed by atoms with Crippen molar-refractivity contribution in [2.45, 2.75) is 30.0 Å². The first-order valence-corrected chi connectivity index (χ1v) is 8.28. The van der Waals surface area contributed by atoms with Gasteiger partial charge in [-0.3, -0.25) is 0 Å². The molecule has 23 heavy (non-hydrogen) atoms. The molecule has 0 aliphatic carbocycles. The zero-order valence-corrected chi connectivity index (χ0v) is 13.1. The largest absolute Gasteiger partial charge is 0.417 e. The molecular formula is C14H15F3N2O3S. The third-order valence-corrected chi connectivity index (χ3v) is 5.65. The summed E-state index contributed by atoms with van der Waals surface area (Å²) in [4.78, 5) is -0.466. The number of nitrogens with zero attached hydrogens (tertiary/aromatic N) is 2. The van der Waals surface area contributed by atoms with E-state index in [2.05, 4.69) is 0 Å². The van der Waals surface area contributed by atoms with Crippen LogP contribution in [0.3, 0.4) is 0 Å². The van der Waals surface area contributed by atoms with E-state index in [9.17, 15) is 21.6 Å². The number of hydrogen-bond donors (Lipinski definition) is 0. The summed E-state index contributed by atoms with van der Waals surface area (Å²) in [5.41, 5.74) is -1.85. The Morgan fingerprint density at radius 1 is 1.43 bits per heavy atom. The molecule has 1 heterocycles. The van der Waals surface area contributed by atoms with Crippen molar-refractivity contribution in [2.75, 3.05) is 20.3 Å². The fraction of sp³-hybridized carbons (Fsp3) is 0.500. The van der Waals surface area contributed by atoms with Gasteiger partial charge < -0.3 is 4.74 Å². The van der Waals surface area contributed by atoms with Crippen LogP contribution in [0.1, 0.15) is 24.0 Å². The van der Waals surface area contributed by atoms with Crippen LogP contribution in [0, 0.1) is 11.3 Å². The predicted molar refractivity (Wildman–Crippen MR) is 74.9 cm³/mol. The summed E-state index contributed by atoms with van der Waals surface area (Å²) in [6, 6.07) is 3.48. The van der Waals surface area contributed by atoms with Gasteiger partial charge >= 0.3 is 6.18 Å². The summed E-state index contributed by atoms with van der Waals surface area (Å²) in [5, 5.41) is 8.77. The summed E-state index contributed by atoms with van der Waals surface area (Å²) in [5.74, 6) is 0. The highest BCUT2D eigenvalue weighted by Crippen LogP contribution is 2.35. The van der Waals surface area contributed by atoms with Crippen LogP contribution in [0.15, 0.2) is 23.1 Å². The molecule has 2 rings (SSSR count). The van der Waals surface area contributed by atoms with Crippen LogP contribution < -0.4 is 0 Å². The Labute approximate surface area is 132 Å². The lowest BCUT2D eigenvalue weighted by molar-refractivity contribution is -0.137. The van der Waals surface area contributed by atoms with Gasteiger partial charge in [0.25, 0.3) is 0 Å². The number of halogens is 3. The van der Waals surface area contributed by atoms with Crippen LogP contribution in [-0.2, 0) is 20.9 Å². The van der Waals surface area contributed by atoms with Crippen LogP contribution in [0.4, 0.5) is 13.2 Å². The average molecular weight is 348 g/mol. The van der Waals surface area contributed by atoms with Gasteiger partial charge in [0.05, 0.1) is 28.7 Å². The number of benzene rings is 1. The maximum Gasteiger partial charge on any atom is 0.417 e. The lowest BCUT2D eigenvalue weighted by Crippen LogP contribution is -2.38. The van der Waals surface area contributed by atoms with Crippen molar-refractivity contribution in [2.24, 2.45) is 0 Å². The third kappa shape index (κ3) is 3.49. The first-order valence-electron chi connectivity index (χ1n) is 6.84. The van der Waals surface area contributed by atoms with Gasteiger partial charge in [-0.25, -0.2) is 8.42 Å². The molecule has 0 spiro atoms. The molecule has 1 fully saturated rings. The maximum absolute atomic E-state index is 13.0. The molecular weight excluding hydrogens is 333 g/mol. The molecule has 0 aromatic heterocycles. The number of nitriles is 1. The first kappa shape index (κ1) is 17.7. The minimum absolute atomic E-state index is 0.182. The van der Waals surface area contributed by atoms with E-state index in [1.807, 2.05) is 0 Å². The molecule has 0 unspecified atom stereocenters. The Kier molecular flexibility index (Phi) is 4.98. The maximum atomic E-state index is 13.0. The molecule has 1 aromatic carbocycles. The second kappa shape index (κ2) is 6.47. The van der Waals surface area contributed by atoms with E-state index < -0.39 is 38.3 Å². The molecule has 1 aliphatic heterocycles. The van der Waals surface area contributed by atoms with Gasteiger partial charge in [0.1, 0.15) is 0 Å². The smallest absolute Gasteiger partial charge is 0.383 e. The summed E-state index contributed by atoms with van der Waals surface area (Å²) in [7, 11) is -2.64. The van der Waals surface area contributed by atoms with Crippen molar-refractivity contribution in [3.63, 3.8) is 0 Å². The molecule has 9 heteroatoms. The number of hydrogen-bond acceptors (Lipinski definition) is 4. The van der Waals surface area contributed by atoms with Gasteiger partial charge in [0, 0.05) is 19.7 Å². The summed E-state index contributed by atoms with van der Waals surface area (Å²) in [6.07, 6.45) is -3.58. The quantitative estimate of drug-likeness (QED) is 0.838. The van der Waals surface area contributed by atoms with Crippen LogP contribution >= 0.6 is 0 Å². The number of sulfonamides is 1. The Morgan fingerprint density at radius 2 is 2.13 bits per heavy atom. The first-order chi connectivity index (χ1) is 10.7. The lowest BCUT2D eigenvalue weighted by atomic mass is 10.1. The topological polar surface area (TPSA) is 70.4 Å². The van der Waals surface area contributed by atoms with E-state index in [-0.39, 0.29) is 13.2 Å². The van der Waals surface area contributed by atoms with Crippen molar-refractivity contribution in [3.05, 3.63) is 29.3 Å². The van der Waals surface area contributed by atoms with Crippen molar-refractivity contribution >= 4 is 10.0 Å². The molecule has 1 atom stereocenters. The molecule has 0 radical (unpaired) electrons. The normalized spacial score (nSPS) is 19.7. The highest BCUT2D eigenvalue weighted by molar-refractivity contribution is 7.89. The Balaban J connectivity index is 2.47. The highest BCUT2D eigenvalue weighted by atomic mass is 32.2. The van der Waals surface area contributed by atoms with E-state index in [0.29, 0.717) is 18.9 Å². The molecule has 1 aliphatic rings. The van der Waals surface area contributed by atoms with Crippen molar-refractivity contribution in [1.82, 2.24) is 4.31 Å². The second-order valence-electron chi connectivity index (χ2n) is 5.18. The Morgan fingerprint density at radius 3 is 2.70 bits per heavy atom. The van der Waals surface area contributed by atoms with Gasteiger partial charge in [-0.2, -0.15) is 22.7 Å². The number of ether oxygens (including phenoxy) is 1. The number of methoxy groups -OCH3 is 1. The van der Waals surface area contributed by atoms with Gasteiger partial charge in [-0.1, -0.05) is 0 Å². The van der Waals surface area contributed by atoms with Gasteiger partial charge in [-0.15, -0.1) is 0 Å². The van der Waals surface area contributed by atoms with E-state index in [0.717, 1.165) is 16.4 Å². The van der Waals surface area contributed by atoms with E-state index in [4.69, 9.17) is 10.00 Å². The van der Waals surface area contributed by atoms with Gasteiger partial charge in [-0.05, 0) is 31.0 Å². The van der Waals surface area contributed by atoms with E-state index in [1.54, 1.807) is 0 Å². The van der Waals surface area contributed by atoms with Crippen LogP contribution in [-0.4, -0.2) is 39.0 Å². The minimum atomic E-state index is -4.80. The van der Waals surface area contributed by atoms with Crippen molar-refractivity contribution in [3.8, 4) is 6.07 Å². The monoisotopic (exact) mass is 348 g/mol. The number of alkyl halides is 3. The molecule has 0 amide bonds. The number of rotatable bonds is 4. The molecule has 0 N–H and O–H groups in total. The third-order valence-electron chi connectivity index (χ3n) is 3.71. The predicted octanol–water partition coefficient (Wildman–Crippen LogP) is 2.38. The molecule has 0 saturated carbocycles. The average Bonchev–Trinajstić information content (AvgIpc) is 2.95. The molecule has 0 bridgehead atoms. The standard InChI is InChI=1S/C14H15F3N2O3S/c1-22-9-11-3-2-6-19(11)23(20,21)12-5-4-10(8-18)13(7-12)14(15,16)17/h4-5,7,11H,2-3,6,9H2,1H3/t11-/m0/s1. The van der Waals surface area contributed by atoms with Gasteiger partial charge in [0.2, 0.25) is 10.0 Å². The molecule has 1 saturated heterocycles. The van der Waals surface area contributed by atoms with Crippen LogP contribution in [0.25, 0.3) is 0 Å². The van der Waals surface area contributed by atoms with Crippen LogP contribution in [0.5, 0.6) is 0 Å². The minimum Gasteiger partial charge on any atom is -0.383 e. The Bertz CT molecular complexity index is 726. The second-order valence-corrected chi connectivity index (χ2v) is 7.07. The van der Waals surface area contributed by atoms with E-state index >= 15 is 0 Å². The fourth-order valence-electron chi connectivity index (χ4n) is 2.64. The lowest BCUT2D eigenvalue weighted by Gasteiger charge is -2.24. The van der Waals surface area contributed by atoms with Gasteiger partial charge in [0.15, 0.2) is 0 Å². The fourth-order valence-corrected chi connectivity index (χ4v) is 4.34. The molecule has 5 nitrogen and oxygen atoms in total. The molecule has 1 aromatic rings. The van der Waals surface area contributed by atoms with E-state index in [1.165, 1.54) is 13.2 Å². The zero-order valence-electron chi connectivity index (χ0n) is 12.3. The Hall–Kier alpha value is -1.63. The van der Waals surface area contributed by atoms with Crippen LogP contribution in [0.2, 0.25) is 0 Å². The van der Waals surface area contributed by atoms with Crippen molar-refractivity contribution in [1.29, 1.82) is 5.26 Å². The zero-order chi connectivity index (χ0) is 17.3. The highest BCUT2D eigenvalue weighted by Gasteiger charge is 2.38.